The van der Waals surface area contributed by atoms with Crippen molar-refractivity contribution < 1.29 is 5.11 Å². The van der Waals surface area contributed by atoms with Gasteiger partial charge in [-0.1, -0.05) is 6.92 Å². The summed E-state index contributed by atoms with van der Waals surface area (Å²) in [5.74, 6) is 2.05. The average molecular weight is 290 g/mol. The number of aliphatic hydroxyl groups is 1. The summed E-state index contributed by atoms with van der Waals surface area (Å²) < 4.78 is 0. The second-order valence-corrected chi connectivity index (χ2v) is 5.80. The summed E-state index contributed by atoms with van der Waals surface area (Å²) >= 11 is 0. The Morgan fingerprint density at radius 2 is 2.24 bits per heavy atom. The molecule has 0 aromatic carbocycles. The van der Waals surface area contributed by atoms with E-state index in [0.717, 1.165) is 49.2 Å². The van der Waals surface area contributed by atoms with Gasteiger partial charge in [0.05, 0.1) is 17.7 Å². The van der Waals surface area contributed by atoms with Gasteiger partial charge in [0, 0.05) is 20.1 Å². The third kappa shape index (κ3) is 2.92. The van der Waals surface area contributed by atoms with Gasteiger partial charge in [0.25, 0.3) is 0 Å². The van der Waals surface area contributed by atoms with Crippen LogP contribution in [0.2, 0.25) is 0 Å². The van der Waals surface area contributed by atoms with Crippen molar-refractivity contribution in [2.75, 3.05) is 30.4 Å². The van der Waals surface area contributed by atoms with Gasteiger partial charge in [-0.05, 0) is 25.2 Å². The molecule has 0 atom stereocenters. The van der Waals surface area contributed by atoms with Gasteiger partial charge < -0.3 is 15.3 Å². The van der Waals surface area contributed by atoms with Crippen molar-refractivity contribution >= 4 is 22.8 Å². The molecular weight excluding hydrogens is 268 g/mol. The average Bonchev–Trinajstić information content (AvgIpc) is 2.90. The maximum atomic E-state index is 9.41. The third-order valence-electron chi connectivity index (χ3n) is 3.93. The summed E-state index contributed by atoms with van der Waals surface area (Å²) in [5, 5.41) is 20.5. The first kappa shape index (κ1) is 14.1. The van der Waals surface area contributed by atoms with Crippen molar-refractivity contribution in [1.82, 2.24) is 20.2 Å². The number of H-pyrrole nitrogens is 1. The minimum Gasteiger partial charge on any atom is -0.393 e. The van der Waals surface area contributed by atoms with Crippen LogP contribution in [0.3, 0.4) is 0 Å². The smallest absolute Gasteiger partial charge is 0.226 e. The predicted octanol–water partition coefficient (Wildman–Crippen LogP) is 1.38. The van der Waals surface area contributed by atoms with E-state index in [1.165, 1.54) is 0 Å². The molecule has 0 unspecified atom stereocenters. The molecule has 1 saturated carbocycles. The molecule has 114 valence electrons. The molecule has 2 heterocycles. The van der Waals surface area contributed by atoms with E-state index < -0.39 is 0 Å². The molecule has 7 nitrogen and oxygen atoms in total. The molecule has 0 amide bonds. The van der Waals surface area contributed by atoms with Crippen molar-refractivity contribution in [3.05, 3.63) is 6.20 Å². The van der Waals surface area contributed by atoms with E-state index in [2.05, 4.69) is 37.3 Å². The van der Waals surface area contributed by atoms with Gasteiger partial charge in [-0.25, -0.2) is 0 Å². The Hall–Kier alpha value is -1.89. The van der Waals surface area contributed by atoms with Gasteiger partial charge in [-0.3, -0.25) is 5.10 Å². The number of nitrogens with one attached hydrogen (secondary N) is 2. The molecule has 0 radical (unpaired) electrons. The van der Waals surface area contributed by atoms with E-state index in [9.17, 15) is 5.11 Å². The van der Waals surface area contributed by atoms with E-state index >= 15 is 0 Å². The number of aromatic nitrogens is 4. The molecule has 3 rings (SSSR count). The van der Waals surface area contributed by atoms with Crippen molar-refractivity contribution in [3.8, 4) is 0 Å². The quantitative estimate of drug-likeness (QED) is 0.744. The summed E-state index contributed by atoms with van der Waals surface area (Å²) in [6.45, 7) is 3.84. The van der Waals surface area contributed by atoms with Gasteiger partial charge in [0.2, 0.25) is 5.95 Å². The van der Waals surface area contributed by atoms with Gasteiger partial charge >= 0.3 is 0 Å². The number of rotatable bonds is 6. The normalized spacial score (nSPS) is 21.3. The number of aliphatic hydroxyl groups excluding tert-OH is 1. The lowest BCUT2D eigenvalue weighted by Gasteiger charge is -2.34. The van der Waals surface area contributed by atoms with Crippen LogP contribution in [0, 0.1) is 5.92 Å². The first-order valence-electron chi connectivity index (χ1n) is 7.51. The van der Waals surface area contributed by atoms with Crippen LogP contribution in [0.1, 0.15) is 26.2 Å². The van der Waals surface area contributed by atoms with Crippen LogP contribution in [-0.2, 0) is 0 Å². The summed E-state index contributed by atoms with van der Waals surface area (Å²) in [6, 6.07) is 0. The summed E-state index contributed by atoms with van der Waals surface area (Å²) in [6.07, 6.45) is 4.43. The van der Waals surface area contributed by atoms with Crippen LogP contribution in [0.25, 0.3) is 11.0 Å². The standard InChI is InChI=1S/C14H22N6O/c1-3-4-15-14-17-12-11(7-16-19-12)13(18-14)20(2)8-9-5-10(21)6-9/h7,9-10,21H,3-6,8H2,1-2H3,(H2,15,16,17,18,19). The molecule has 7 heteroatoms. The molecule has 0 saturated heterocycles. The lowest BCUT2D eigenvalue weighted by Crippen LogP contribution is -2.37. The Kier molecular flexibility index (Phi) is 3.92. The number of hydrogen-bond acceptors (Lipinski definition) is 6. The SMILES string of the molecule is CCCNc1nc(N(C)CC2CC(O)C2)c2cn[nH]c2n1. The monoisotopic (exact) mass is 290 g/mol. The minimum atomic E-state index is -0.121. The molecule has 1 aliphatic rings. The highest BCUT2D eigenvalue weighted by Crippen LogP contribution is 2.30. The molecule has 21 heavy (non-hydrogen) atoms. The van der Waals surface area contributed by atoms with Crippen molar-refractivity contribution in [3.63, 3.8) is 0 Å². The molecule has 0 aliphatic heterocycles. The second-order valence-electron chi connectivity index (χ2n) is 5.80. The van der Waals surface area contributed by atoms with Gasteiger partial charge in [0.1, 0.15) is 5.82 Å². The van der Waals surface area contributed by atoms with Crippen LogP contribution in [0.15, 0.2) is 6.20 Å². The van der Waals surface area contributed by atoms with Gasteiger partial charge in [-0.2, -0.15) is 15.1 Å². The van der Waals surface area contributed by atoms with Crippen LogP contribution in [-0.4, -0.2) is 51.5 Å². The molecule has 3 N–H and O–H groups in total. The molecular formula is C14H22N6O. The largest absolute Gasteiger partial charge is 0.393 e. The van der Waals surface area contributed by atoms with Crippen molar-refractivity contribution in [2.45, 2.75) is 32.3 Å². The highest BCUT2D eigenvalue weighted by molar-refractivity contribution is 5.87. The molecule has 0 bridgehead atoms. The van der Waals surface area contributed by atoms with Crippen LogP contribution >= 0.6 is 0 Å². The Morgan fingerprint density at radius 1 is 1.43 bits per heavy atom. The number of nitrogens with zero attached hydrogens (tertiary/aromatic N) is 4. The van der Waals surface area contributed by atoms with Crippen molar-refractivity contribution in [2.24, 2.45) is 5.92 Å². The number of hydrogen-bond donors (Lipinski definition) is 3. The van der Waals surface area contributed by atoms with Crippen LogP contribution in [0.4, 0.5) is 11.8 Å². The fraction of sp³-hybridized carbons (Fsp3) is 0.643. The highest BCUT2D eigenvalue weighted by Gasteiger charge is 2.28. The Balaban J connectivity index is 1.82. The third-order valence-corrected chi connectivity index (χ3v) is 3.93. The first-order chi connectivity index (χ1) is 10.2. The maximum Gasteiger partial charge on any atom is 0.226 e. The zero-order chi connectivity index (χ0) is 14.8. The van der Waals surface area contributed by atoms with Crippen molar-refractivity contribution in [1.29, 1.82) is 0 Å². The van der Waals surface area contributed by atoms with E-state index in [0.29, 0.717) is 11.9 Å². The van der Waals surface area contributed by atoms with E-state index in [1.54, 1.807) is 6.20 Å². The van der Waals surface area contributed by atoms with Crippen LogP contribution in [0.5, 0.6) is 0 Å². The maximum absolute atomic E-state index is 9.41. The first-order valence-corrected chi connectivity index (χ1v) is 7.51. The molecule has 0 spiro atoms. The Labute approximate surface area is 123 Å². The minimum absolute atomic E-state index is 0.121. The lowest BCUT2D eigenvalue weighted by atomic mass is 9.82. The zero-order valence-corrected chi connectivity index (χ0v) is 12.5. The zero-order valence-electron chi connectivity index (χ0n) is 12.5. The van der Waals surface area contributed by atoms with Gasteiger partial charge in [0.15, 0.2) is 5.65 Å². The summed E-state index contributed by atoms with van der Waals surface area (Å²) in [4.78, 5) is 11.2. The predicted molar refractivity (Wildman–Crippen MR) is 82.5 cm³/mol. The number of fused-ring (bicyclic) bond motifs is 1. The van der Waals surface area contributed by atoms with E-state index in [4.69, 9.17) is 0 Å². The van der Waals surface area contributed by atoms with Crippen LogP contribution < -0.4 is 10.2 Å². The molecule has 2 aromatic heterocycles. The molecule has 2 aromatic rings. The summed E-state index contributed by atoms with van der Waals surface area (Å²) in [7, 11) is 2.03. The Bertz CT molecular complexity index is 607. The fourth-order valence-corrected chi connectivity index (χ4v) is 2.75. The fourth-order valence-electron chi connectivity index (χ4n) is 2.75. The topological polar surface area (TPSA) is 90.0 Å². The van der Waals surface area contributed by atoms with E-state index in [-0.39, 0.29) is 6.10 Å². The Morgan fingerprint density at radius 3 is 2.95 bits per heavy atom. The van der Waals surface area contributed by atoms with Gasteiger partial charge in [-0.15, -0.1) is 0 Å². The number of aromatic amines is 1. The lowest BCUT2D eigenvalue weighted by molar-refractivity contribution is 0.0464. The summed E-state index contributed by atoms with van der Waals surface area (Å²) in [5.41, 5.74) is 0.749. The number of anilines is 2. The highest BCUT2D eigenvalue weighted by atomic mass is 16.3. The van der Waals surface area contributed by atoms with E-state index in [1.807, 2.05) is 7.05 Å². The molecule has 1 aliphatic carbocycles. The molecule has 1 fully saturated rings. The second kappa shape index (κ2) is 5.85.